The fraction of sp³-hybridized carbons (Fsp3) is 0.364. The zero-order valence-electron chi connectivity index (χ0n) is 8.55. The van der Waals surface area contributed by atoms with Crippen LogP contribution in [0.5, 0.6) is 0 Å². The van der Waals surface area contributed by atoms with E-state index in [1.807, 2.05) is 30.3 Å². The number of rotatable bonds is 5. The van der Waals surface area contributed by atoms with Crippen LogP contribution in [0.15, 0.2) is 30.3 Å². The Hall–Kier alpha value is -1.39. The van der Waals surface area contributed by atoms with E-state index in [1.165, 1.54) is 7.11 Å². The van der Waals surface area contributed by atoms with E-state index in [0.29, 0.717) is 0 Å². The molecule has 0 amide bonds. The van der Waals surface area contributed by atoms with Crippen molar-refractivity contribution in [3.63, 3.8) is 0 Å². The average molecular weight is 210 g/mol. The van der Waals surface area contributed by atoms with Gasteiger partial charge in [0.2, 0.25) is 0 Å². The summed E-state index contributed by atoms with van der Waals surface area (Å²) in [5.41, 5.74) is 0.915. The van der Waals surface area contributed by atoms with Crippen molar-refractivity contribution in [3.8, 4) is 0 Å². The van der Waals surface area contributed by atoms with Crippen LogP contribution in [-0.2, 0) is 20.9 Å². The van der Waals surface area contributed by atoms with Crippen molar-refractivity contribution in [2.75, 3.05) is 7.11 Å². The molecule has 0 saturated carbocycles. The number of ether oxygens (including phenoxy) is 2. The zero-order valence-corrected chi connectivity index (χ0v) is 8.55. The molecule has 1 rings (SSSR count). The molecule has 82 valence electrons. The van der Waals surface area contributed by atoms with Crippen LogP contribution in [-0.4, -0.2) is 24.5 Å². The molecule has 0 bridgehead atoms. The number of hydrogen-bond donors (Lipinski definition) is 1. The number of esters is 1. The van der Waals surface area contributed by atoms with Gasteiger partial charge in [-0.25, -0.2) is 0 Å². The zero-order chi connectivity index (χ0) is 11.1. The molecule has 1 aromatic carbocycles. The second-order valence-electron chi connectivity index (χ2n) is 3.04. The maximum absolute atomic E-state index is 11.1. The Morgan fingerprint density at radius 1 is 1.40 bits per heavy atom. The molecule has 0 aliphatic rings. The van der Waals surface area contributed by atoms with E-state index in [1.54, 1.807) is 0 Å². The molecule has 4 nitrogen and oxygen atoms in total. The second kappa shape index (κ2) is 6.16. The summed E-state index contributed by atoms with van der Waals surface area (Å²) >= 11 is 0. The predicted octanol–water partition coefficient (Wildman–Crippen LogP) is 1.08. The molecular formula is C11H14O4. The van der Waals surface area contributed by atoms with Crippen molar-refractivity contribution in [2.24, 2.45) is 0 Å². The first kappa shape index (κ1) is 11.7. The quantitative estimate of drug-likeness (QED) is 0.583. The second-order valence-corrected chi connectivity index (χ2v) is 3.04. The highest BCUT2D eigenvalue weighted by Gasteiger charge is 2.10. The van der Waals surface area contributed by atoms with E-state index in [-0.39, 0.29) is 13.0 Å². The van der Waals surface area contributed by atoms with Crippen molar-refractivity contribution >= 4 is 5.97 Å². The Morgan fingerprint density at radius 3 is 2.67 bits per heavy atom. The fourth-order valence-corrected chi connectivity index (χ4v) is 1.02. The summed E-state index contributed by atoms with van der Waals surface area (Å²) in [6, 6.07) is 9.35. The molecule has 1 aromatic rings. The van der Waals surface area contributed by atoms with Gasteiger partial charge in [0.25, 0.3) is 0 Å². The van der Waals surface area contributed by atoms with Gasteiger partial charge in [0.15, 0.2) is 6.29 Å². The molecule has 1 atom stereocenters. The summed E-state index contributed by atoms with van der Waals surface area (Å²) in [5, 5.41) is 9.00. The third-order valence-corrected chi connectivity index (χ3v) is 1.86. The summed E-state index contributed by atoms with van der Waals surface area (Å²) in [7, 11) is 1.33. The van der Waals surface area contributed by atoms with Crippen LogP contribution in [0.3, 0.4) is 0 Å². The molecule has 15 heavy (non-hydrogen) atoms. The van der Waals surface area contributed by atoms with E-state index in [0.717, 1.165) is 5.56 Å². The lowest BCUT2D eigenvalue weighted by molar-refractivity contribution is -0.156. The maximum atomic E-state index is 11.1. The van der Waals surface area contributed by atoms with Gasteiger partial charge in [0.05, 0.1) is 6.42 Å². The minimum atomic E-state index is -1.09. The molecule has 0 aliphatic heterocycles. The lowest BCUT2D eigenvalue weighted by Gasteiger charge is -2.08. The van der Waals surface area contributed by atoms with Crippen LogP contribution in [0.2, 0.25) is 0 Å². The van der Waals surface area contributed by atoms with Crippen molar-refractivity contribution in [3.05, 3.63) is 35.9 Å². The SMILES string of the molecule is CO[C@@H](O)CC(=O)OCc1ccccc1. The topological polar surface area (TPSA) is 55.8 Å². The molecule has 4 heteroatoms. The van der Waals surface area contributed by atoms with Gasteiger partial charge < -0.3 is 14.6 Å². The van der Waals surface area contributed by atoms with Crippen molar-refractivity contribution in [2.45, 2.75) is 19.3 Å². The molecule has 0 saturated heterocycles. The highest BCUT2D eigenvalue weighted by atomic mass is 16.6. The summed E-state index contributed by atoms with van der Waals surface area (Å²) in [4.78, 5) is 11.1. The lowest BCUT2D eigenvalue weighted by Crippen LogP contribution is -2.17. The van der Waals surface area contributed by atoms with Gasteiger partial charge >= 0.3 is 5.97 Å². The standard InChI is InChI=1S/C11H14O4/c1-14-10(12)7-11(13)15-8-9-5-3-2-4-6-9/h2-6,10,12H,7-8H2,1H3/t10-/m1/s1. The number of aliphatic hydroxyl groups is 1. The lowest BCUT2D eigenvalue weighted by atomic mass is 10.2. The van der Waals surface area contributed by atoms with Crippen LogP contribution < -0.4 is 0 Å². The predicted molar refractivity (Wildman–Crippen MR) is 53.9 cm³/mol. The average Bonchev–Trinajstić information content (AvgIpc) is 2.27. The van der Waals surface area contributed by atoms with Gasteiger partial charge in [-0.3, -0.25) is 4.79 Å². The molecular weight excluding hydrogens is 196 g/mol. The first-order chi connectivity index (χ1) is 7.22. The highest BCUT2D eigenvalue weighted by Crippen LogP contribution is 2.02. The normalized spacial score (nSPS) is 12.1. The molecule has 0 spiro atoms. The molecule has 0 heterocycles. The Balaban J connectivity index is 2.29. The Labute approximate surface area is 88.4 Å². The van der Waals surface area contributed by atoms with Crippen LogP contribution in [0.1, 0.15) is 12.0 Å². The van der Waals surface area contributed by atoms with Crippen LogP contribution >= 0.6 is 0 Å². The largest absolute Gasteiger partial charge is 0.461 e. The summed E-state index contributed by atoms with van der Waals surface area (Å²) in [6.07, 6.45) is -1.24. The third-order valence-electron chi connectivity index (χ3n) is 1.86. The molecule has 0 fully saturated rings. The van der Waals surface area contributed by atoms with Gasteiger partial charge in [0.1, 0.15) is 6.61 Å². The molecule has 0 aromatic heterocycles. The van der Waals surface area contributed by atoms with Crippen LogP contribution in [0, 0.1) is 0 Å². The number of methoxy groups -OCH3 is 1. The van der Waals surface area contributed by atoms with Gasteiger partial charge in [0, 0.05) is 7.11 Å². The maximum Gasteiger partial charge on any atom is 0.311 e. The number of benzene rings is 1. The van der Waals surface area contributed by atoms with Gasteiger partial charge in [-0.05, 0) is 5.56 Å². The van der Waals surface area contributed by atoms with E-state index in [4.69, 9.17) is 9.84 Å². The van der Waals surface area contributed by atoms with E-state index >= 15 is 0 Å². The molecule has 0 unspecified atom stereocenters. The number of carbonyl (C=O) groups excluding carboxylic acids is 1. The smallest absolute Gasteiger partial charge is 0.311 e. The monoisotopic (exact) mass is 210 g/mol. The van der Waals surface area contributed by atoms with E-state index in [2.05, 4.69) is 4.74 Å². The number of aliphatic hydroxyl groups excluding tert-OH is 1. The summed E-state index contributed by atoms with van der Waals surface area (Å²) in [6.45, 7) is 0.218. The Morgan fingerprint density at radius 2 is 2.07 bits per heavy atom. The van der Waals surface area contributed by atoms with Gasteiger partial charge in [-0.15, -0.1) is 0 Å². The Kier molecular flexibility index (Phi) is 4.80. The minimum Gasteiger partial charge on any atom is -0.461 e. The fourth-order valence-electron chi connectivity index (χ4n) is 1.02. The first-order valence-electron chi connectivity index (χ1n) is 4.63. The highest BCUT2D eigenvalue weighted by molar-refractivity contribution is 5.69. The van der Waals surface area contributed by atoms with E-state index in [9.17, 15) is 4.79 Å². The molecule has 0 aliphatic carbocycles. The van der Waals surface area contributed by atoms with E-state index < -0.39 is 12.3 Å². The molecule has 1 N–H and O–H groups in total. The van der Waals surface area contributed by atoms with Crippen molar-refractivity contribution in [1.82, 2.24) is 0 Å². The first-order valence-corrected chi connectivity index (χ1v) is 4.63. The third kappa shape index (κ3) is 4.58. The minimum absolute atomic E-state index is 0.149. The number of hydrogen-bond acceptors (Lipinski definition) is 4. The van der Waals surface area contributed by atoms with Crippen molar-refractivity contribution < 1.29 is 19.4 Å². The molecule has 0 radical (unpaired) electrons. The summed E-state index contributed by atoms with van der Waals surface area (Å²) < 4.78 is 9.45. The van der Waals surface area contributed by atoms with Gasteiger partial charge in [-0.2, -0.15) is 0 Å². The number of carbonyl (C=O) groups is 1. The summed E-state index contributed by atoms with van der Waals surface area (Å²) in [5.74, 6) is -0.479. The van der Waals surface area contributed by atoms with Crippen molar-refractivity contribution in [1.29, 1.82) is 0 Å². The van der Waals surface area contributed by atoms with Crippen LogP contribution in [0.25, 0.3) is 0 Å². The van der Waals surface area contributed by atoms with Crippen LogP contribution in [0.4, 0.5) is 0 Å². The van der Waals surface area contributed by atoms with Gasteiger partial charge in [-0.1, -0.05) is 30.3 Å². The Bertz CT molecular complexity index is 297.